The van der Waals surface area contributed by atoms with Crippen molar-refractivity contribution in [2.45, 2.75) is 35.5 Å². The first-order chi connectivity index (χ1) is 14.1. The Morgan fingerprint density at radius 3 is 1.94 bits per heavy atom. The Kier molecular flexibility index (Phi) is 6.40. The van der Waals surface area contributed by atoms with Crippen molar-refractivity contribution in [1.82, 2.24) is 0 Å². The van der Waals surface area contributed by atoms with Gasteiger partial charge in [0.05, 0.1) is 20.9 Å². The maximum Gasteiger partial charge on any atom is 0.417 e. The number of halogens is 6. The van der Waals surface area contributed by atoms with Crippen LogP contribution in [0.15, 0.2) is 51.2 Å². The molecule has 0 saturated heterocycles. The fourth-order valence-electron chi connectivity index (χ4n) is 2.68. The molecule has 0 bridgehead atoms. The van der Waals surface area contributed by atoms with Crippen molar-refractivity contribution in [1.29, 1.82) is 0 Å². The van der Waals surface area contributed by atoms with Crippen molar-refractivity contribution in [3.63, 3.8) is 0 Å². The van der Waals surface area contributed by atoms with Gasteiger partial charge < -0.3 is 11.5 Å². The maximum atomic E-state index is 13.6. The number of hydrogen-bond donors (Lipinski definition) is 2. The first kappa shape index (κ1) is 24.2. The molecular weight excluding hydrogens is 452 g/mol. The van der Waals surface area contributed by atoms with Crippen LogP contribution in [0.5, 0.6) is 0 Å². The molecule has 0 aromatic heterocycles. The lowest BCUT2D eigenvalue weighted by Gasteiger charge is -2.17. The fraction of sp³-hybridized carbons (Fsp3) is 0.222. The van der Waals surface area contributed by atoms with E-state index in [4.69, 9.17) is 11.5 Å². The number of aryl methyl sites for hydroxylation is 1. The van der Waals surface area contributed by atoms with E-state index < -0.39 is 60.5 Å². The van der Waals surface area contributed by atoms with Crippen molar-refractivity contribution >= 4 is 21.7 Å². The summed E-state index contributed by atoms with van der Waals surface area (Å²) in [6.45, 7) is 1.45. The molecule has 2 aromatic carbocycles. The minimum absolute atomic E-state index is 0.0608. The van der Waals surface area contributed by atoms with Crippen LogP contribution in [0.3, 0.4) is 0 Å². The fourth-order valence-corrected chi connectivity index (χ4v) is 4.19. The smallest absolute Gasteiger partial charge is 0.370 e. The minimum atomic E-state index is -5.21. The van der Waals surface area contributed by atoms with Crippen LogP contribution in [0.1, 0.15) is 34.0 Å². The van der Waals surface area contributed by atoms with E-state index in [9.17, 15) is 39.6 Å². The Balaban J connectivity index is 2.77. The molecule has 13 heteroatoms. The highest BCUT2D eigenvalue weighted by atomic mass is 32.2. The second-order valence-electron chi connectivity index (χ2n) is 6.22. The van der Waals surface area contributed by atoms with E-state index in [0.29, 0.717) is 36.4 Å². The number of nitrogens with zero attached hydrogens (tertiary/aromatic N) is 1. The minimum Gasteiger partial charge on any atom is -0.370 e. The van der Waals surface area contributed by atoms with Gasteiger partial charge in [0.15, 0.2) is 5.96 Å². The molecule has 2 aromatic rings. The van der Waals surface area contributed by atoms with Crippen LogP contribution in [0, 0.1) is 0 Å². The molecule has 0 saturated carbocycles. The maximum absolute atomic E-state index is 13.6. The first-order valence-corrected chi connectivity index (χ1v) is 9.87. The van der Waals surface area contributed by atoms with Crippen molar-refractivity contribution in [3.05, 3.63) is 58.7 Å². The van der Waals surface area contributed by atoms with E-state index >= 15 is 0 Å². The molecule has 168 valence electrons. The number of guanidine groups is 1. The zero-order valence-electron chi connectivity index (χ0n) is 15.7. The quantitative estimate of drug-likeness (QED) is 0.406. The third-order valence-corrected chi connectivity index (χ3v) is 5.94. The topological polar surface area (TPSA) is 116 Å². The van der Waals surface area contributed by atoms with Crippen LogP contribution in [0.25, 0.3) is 0 Å². The summed E-state index contributed by atoms with van der Waals surface area (Å²) in [7, 11) is -4.90. The molecule has 4 N–H and O–H groups in total. The normalized spacial score (nSPS) is 12.5. The Bertz CT molecular complexity index is 1130. The molecule has 31 heavy (non-hydrogen) atoms. The Morgan fingerprint density at radius 2 is 1.52 bits per heavy atom. The second-order valence-corrected chi connectivity index (χ2v) is 8.14. The molecule has 0 aliphatic carbocycles. The van der Waals surface area contributed by atoms with E-state index in [1.54, 1.807) is 0 Å². The van der Waals surface area contributed by atoms with Gasteiger partial charge in [0, 0.05) is 5.56 Å². The zero-order valence-corrected chi connectivity index (χ0v) is 16.5. The van der Waals surface area contributed by atoms with Gasteiger partial charge in [-0.15, -0.1) is 0 Å². The molecular formula is C18H15F6N3O3S. The predicted molar refractivity (Wildman–Crippen MR) is 97.9 cm³/mol. The number of carbonyl (C=O) groups is 1. The highest BCUT2D eigenvalue weighted by Gasteiger charge is 2.39. The van der Waals surface area contributed by atoms with Crippen molar-refractivity contribution in [2.24, 2.45) is 16.5 Å². The Hall–Kier alpha value is -3.09. The molecule has 0 radical (unpaired) electrons. The largest absolute Gasteiger partial charge is 0.417 e. The van der Waals surface area contributed by atoms with E-state index in [1.165, 1.54) is 6.92 Å². The number of alkyl halides is 6. The number of benzene rings is 2. The van der Waals surface area contributed by atoms with Gasteiger partial charge in [-0.05, 0) is 48.4 Å². The van der Waals surface area contributed by atoms with Crippen LogP contribution in [0.2, 0.25) is 0 Å². The molecule has 0 fully saturated rings. The van der Waals surface area contributed by atoms with Crippen LogP contribution in [-0.4, -0.2) is 20.3 Å². The van der Waals surface area contributed by atoms with E-state index in [1.807, 2.05) is 0 Å². The average molecular weight is 467 g/mol. The SMILES string of the molecule is CCc1cc(S(=O)(=O)c2ccc(C(F)(F)F)cc2)c(C(F)(F)F)cc1C(=O)N=C(N)N. The number of sulfone groups is 1. The van der Waals surface area contributed by atoms with Gasteiger partial charge in [0.25, 0.3) is 5.91 Å². The lowest BCUT2D eigenvalue weighted by Crippen LogP contribution is -2.25. The summed E-state index contributed by atoms with van der Waals surface area (Å²) in [4.78, 5) is 13.3. The zero-order chi connectivity index (χ0) is 23.8. The van der Waals surface area contributed by atoms with Crippen molar-refractivity contribution in [3.8, 4) is 0 Å². The molecule has 0 aliphatic rings. The summed E-state index contributed by atoms with van der Waals surface area (Å²) in [5, 5.41) is 0. The Labute approximate surface area is 172 Å². The van der Waals surface area contributed by atoms with Gasteiger partial charge >= 0.3 is 12.4 Å². The number of amides is 1. The summed E-state index contributed by atoms with van der Waals surface area (Å²) in [6, 6.07) is 2.95. The third-order valence-electron chi connectivity index (χ3n) is 4.13. The molecule has 0 heterocycles. The molecule has 0 spiro atoms. The van der Waals surface area contributed by atoms with Crippen LogP contribution < -0.4 is 11.5 Å². The third kappa shape index (κ3) is 5.16. The Morgan fingerprint density at radius 1 is 0.968 bits per heavy atom. The molecule has 2 rings (SSSR count). The lowest BCUT2D eigenvalue weighted by molar-refractivity contribution is -0.140. The molecule has 6 nitrogen and oxygen atoms in total. The lowest BCUT2D eigenvalue weighted by atomic mass is 10.0. The number of rotatable bonds is 4. The standard InChI is InChI=1S/C18H15F6N3O3S/c1-2-9-7-14(13(18(22,23)24)8-12(9)15(28)27-16(25)26)31(29,30)11-5-3-10(4-6-11)17(19,20)21/h3-8H,2H2,1H3,(H4,25,26,27,28). The van der Waals surface area contributed by atoms with Gasteiger partial charge in [-0.25, -0.2) is 8.42 Å². The monoisotopic (exact) mass is 467 g/mol. The molecule has 1 amide bonds. The number of nitrogens with two attached hydrogens (primary N) is 2. The van der Waals surface area contributed by atoms with E-state index in [0.717, 1.165) is 0 Å². The van der Waals surface area contributed by atoms with Crippen LogP contribution in [0.4, 0.5) is 26.3 Å². The summed E-state index contributed by atoms with van der Waals surface area (Å²) < 4.78 is 105. The van der Waals surface area contributed by atoms with E-state index in [2.05, 4.69) is 4.99 Å². The van der Waals surface area contributed by atoms with Gasteiger partial charge in [-0.2, -0.15) is 31.3 Å². The van der Waals surface area contributed by atoms with E-state index in [-0.39, 0.29) is 12.0 Å². The number of aliphatic imine (C=N–C) groups is 1. The summed E-state index contributed by atoms with van der Waals surface area (Å²) in [5.41, 5.74) is 6.63. The van der Waals surface area contributed by atoms with Crippen molar-refractivity contribution < 1.29 is 39.6 Å². The van der Waals surface area contributed by atoms with Gasteiger partial charge in [-0.3, -0.25) is 4.79 Å². The summed E-state index contributed by atoms with van der Waals surface area (Å²) >= 11 is 0. The summed E-state index contributed by atoms with van der Waals surface area (Å²) in [6.07, 6.45) is -10.0. The molecule has 0 aliphatic heterocycles. The van der Waals surface area contributed by atoms with Crippen molar-refractivity contribution in [2.75, 3.05) is 0 Å². The molecule has 0 unspecified atom stereocenters. The number of hydrogen-bond acceptors (Lipinski definition) is 3. The molecule has 0 atom stereocenters. The first-order valence-electron chi connectivity index (χ1n) is 8.39. The van der Waals surface area contributed by atoms with Crippen LogP contribution >= 0.6 is 0 Å². The highest BCUT2D eigenvalue weighted by molar-refractivity contribution is 7.91. The highest BCUT2D eigenvalue weighted by Crippen LogP contribution is 2.39. The number of carbonyl (C=O) groups excluding carboxylic acids is 1. The second kappa shape index (κ2) is 8.21. The van der Waals surface area contributed by atoms with Gasteiger partial charge in [-0.1, -0.05) is 6.92 Å². The van der Waals surface area contributed by atoms with Gasteiger partial charge in [0.1, 0.15) is 0 Å². The average Bonchev–Trinajstić information content (AvgIpc) is 2.65. The predicted octanol–water partition coefficient (Wildman–Crippen LogP) is 3.53. The van der Waals surface area contributed by atoms with Crippen LogP contribution in [-0.2, 0) is 28.6 Å². The van der Waals surface area contributed by atoms with Gasteiger partial charge in [0.2, 0.25) is 9.84 Å². The summed E-state index contributed by atoms with van der Waals surface area (Å²) in [5.74, 6) is -1.91.